The molecule has 1 aromatic rings. The van der Waals surface area contributed by atoms with Crippen molar-refractivity contribution in [1.29, 1.82) is 0 Å². The Balaban J connectivity index is 2.60. The molecule has 0 fully saturated rings. The van der Waals surface area contributed by atoms with Crippen molar-refractivity contribution in [2.24, 2.45) is 0 Å². The molecule has 0 aliphatic carbocycles. The molecule has 0 aliphatic rings. The van der Waals surface area contributed by atoms with Gasteiger partial charge in [0.1, 0.15) is 0 Å². The Hall–Kier alpha value is -1.59. The molecule has 0 saturated heterocycles. The van der Waals surface area contributed by atoms with Gasteiger partial charge in [0.25, 0.3) is 0 Å². The normalized spacial score (nSPS) is 10.2. The number of carbonyl (C=O) groups excluding carboxylic acids is 2. The Labute approximate surface area is 129 Å². The number of carbonyl (C=O) groups is 2. The molecule has 21 heavy (non-hydrogen) atoms. The van der Waals surface area contributed by atoms with Gasteiger partial charge < -0.3 is 14.7 Å². The average Bonchev–Trinajstić information content (AvgIpc) is 2.49. The number of esters is 1. The molecule has 0 spiro atoms. The average molecular weight is 314 g/mol. The van der Waals surface area contributed by atoms with E-state index in [2.05, 4.69) is 4.74 Å². The summed E-state index contributed by atoms with van der Waals surface area (Å²) in [6, 6.07) is 7.06. The largest absolute Gasteiger partial charge is 0.469 e. The van der Waals surface area contributed by atoms with Crippen molar-refractivity contribution in [3.8, 4) is 0 Å². The Morgan fingerprint density at radius 2 is 1.90 bits per heavy atom. The second-order valence-corrected chi connectivity index (χ2v) is 5.02. The zero-order valence-electron chi connectivity index (χ0n) is 12.0. The van der Waals surface area contributed by atoms with E-state index in [1.807, 2.05) is 0 Å². The number of amides is 1. The molecule has 1 amide bonds. The second kappa shape index (κ2) is 9.37. The van der Waals surface area contributed by atoms with Gasteiger partial charge in [0.2, 0.25) is 5.91 Å². The van der Waals surface area contributed by atoms with Gasteiger partial charge in [-0.1, -0.05) is 23.7 Å². The lowest BCUT2D eigenvalue weighted by molar-refractivity contribution is -0.141. The summed E-state index contributed by atoms with van der Waals surface area (Å²) in [5.41, 5.74) is 0.858. The van der Waals surface area contributed by atoms with E-state index in [0.29, 0.717) is 24.5 Å². The summed E-state index contributed by atoms with van der Waals surface area (Å²) in [5, 5.41) is 9.52. The molecule has 1 rings (SSSR count). The van der Waals surface area contributed by atoms with E-state index in [0.717, 1.165) is 5.56 Å². The van der Waals surface area contributed by atoms with Gasteiger partial charge in [-0.05, 0) is 24.1 Å². The van der Waals surface area contributed by atoms with Crippen LogP contribution in [0.15, 0.2) is 24.3 Å². The number of benzene rings is 1. The molecular formula is C15H20ClNO4. The number of halogens is 1. The van der Waals surface area contributed by atoms with Gasteiger partial charge in [-0.15, -0.1) is 0 Å². The van der Waals surface area contributed by atoms with Crippen molar-refractivity contribution in [3.05, 3.63) is 34.9 Å². The number of nitrogens with zero attached hydrogens (tertiary/aromatic N) is 1. The molecule has 0 unspecified atom stereocenters. The Kier molecular flexibility index (Phi) is 7.79. The van der Waals surface area contributed by atoms with Gasteiger partial charge in [-0.3, -0.25) is 9.59 Å². The van der Waals surface area contributed by atoms with E-state index in [4.69, 9.17) is 16.7 Å². The maximum Gasteiger partial charge on any atom is 0.307 e. The van der Waals surface area contributed by atoms with Crippen LogP contribution >= 0.6 is 11.6 Å². The van der Waals surface area contributed by atoms with Crippen LogP contribution in [-0.2, 0) is 20.7 Å². The maximum atomic E-state index is 12.3. The quantitative estimate of drug-likeness (QED) is 0.741. The summed E-state index contributed by atoms with van der Waals surface area (Å²) < 4.78 is 4.58. The molecule has 1 N–H and O–H groups in total. The molecule has 0 saturated carbocycles. The fourth-order valence-electron chi connectivity index (χ4n) is 1.84. The lowest BCUT2D eigenvalue weighted by Crippen LogP contribution is -2.35. The van der Waals surface area contributed by atoms with Crippen LogP contribution in [0.25, 0.3) is 0 Å². The highest BCUT2D eigenvalue weighted by atomic mass is 35.5. The van der Waals surface area contributed by atoms with Gasteiger partial charge in [0.05, 0.1) is 20.0 Å². The first kappa shape index (κ1) is 17.5. The summed E-state index contributed by atoms with van der Waals surface area (Å²) in [4.78, 5) is 25.0. The first-order chi connectivity index (χ1) is 10.1. The first-order valence-electron chi connectivity index (χ1n) is 6.76. The third kappa shape index (κ3) is 6.60. The molecule has 0 heterocycles. The second-order valence-electron chi connectivity index (χ2n) is 4.59. The van der Waals surface area contributed by atoms with Crippen molar-refractivity contribution >= 4 is 23.5 Å². The highest BCUT2D eigenvalue weighted by Gasteiger charge is 2.15. The van der Waals surface area contributed by atoms with Crippen LogP contribution < -0.4 is 0 Å². The Morgan fingerprint density at radius 1 is 1.24 bits per heavy atom. The third-order valence-electron chi connectivity index (χ3n) is 3.02. The Morgan fingerprint density at radius 3 is 2.48 bits per heavy atom. The first-order valence-corrected chi connectivity index (χ1v) is 7.14. The van der Waals surface area contributed by atoms with Gasteiger partial charge >= 0.3 is 5.97 Å². The lowest BCUT2D eigenvalue weighted by Gasteiger charge is -2.22. The van der Waals surface area contributed by atoms with E-state index < -0.39 is 0 Å². The summed E-state index contributed by atoms with van der Waals surface area (Å²) in [6.45, 7) is 0.710. The van der Waals surface area contributed by atoms with Crippen molar-refractivity contribution in [2.75, 3.05) is 26.8 Å². The summed E-state index contributed by atoms with van der Waals surface area (Å²) in [6.07, 6.45) is 0.867. The predicted octanol–water partition coefficient (Wildman–Crippen LogP) is 1.66. The van der Waals surface area contributed by atoms with Crippen molar-refractivity contribution in [1.82, 2.24) is 4.90 Å². The molecule has 1 aromatic carbocycles. The molecule has 0 bridgehead atoms. The number of aliphatic hydroxyl groups excluding tert-OH is 1. The molecular weight excluding hydrogens is 294 g/mol. The van der Waals surface area contributed by atoms with E-state index >= 15 is 0 Å². The molecule has 0 radical (unpaired) electrons. The molecule has 6 heteroatoms. The summed E-state index contributed by atoms with van der Waals surface area (Å²) in [7, 11) is 1.32. The van der Waals surface area contributed by atoms with Crippen LogP contribution in [0.4, 0.5) is 0 Å². The van der Waals surface area contributed by atoms with E-state index in [1.54, 1.807) is 29.2 Å². The van der Waals surface area contributed by atoms with Crippen molar-refractivity contribution < 1.29 is 19.4 Å². The number of hydrogen-bond acceptors (Lipinski definition) is 4. The van der Waals surface area contributed by atoms with Crippen LogP contribution in [0.3, 0.4) is 0 Å². The minimum absolute atomic E-state index is 0.00293. The Bertz CT molecular complexity index is 461. The predicted molar refractivity (Wildman–Crippen MR) is 80.1 cm³/mol. The number of hydrogen-bond donors (Lipinski definition) is 1. The lowest BCUT2D eigenvalue weighted by atomic mass is 10.1. The molecule has 0 atom stereocenters. The van der Waals surface area contributed by atoms with E-state index in [1.165, 1.54) is 7.11 Å². The highest BCUT2D eigenvalue weighted by molar-refractivity contribution is 6.30. The van der Waals surface area contributed by atoms with E-state index in [9.17, 15) is 9.59 Å². The minimum atomic E-state index is -0.358. The highest BCUT2D eigenvalue weighted by Crippen LogP contribution is 2.11. The zero-order valence-corrected chi connectivity index (χ0v) is 12.8. The fraction of sp³-hybridized carbons (Fsp3) is 0.467. The number of ether oxygens (including phenoxy) is 1. The van der Waals surface area contributed by atoms with Crippen LogP contribution in [0.5, 0.6) is 0 Å². The number of rotatable bonds is 8. The van der Waals surface area contributed by atoms with E-state index in [-0.39, 0.29) is 31.3 Å². The molecule has 0 aliphatic heterocycles. The summed E-state index contributed by atoms with van der Waals surface area (Å²) >= 11 is 5.81. The van der Waals surface area contributed by atoms with Gasteiger partial charge in [0.15, 0.2) is 0 Å². The molecule has 116 valence electrons. The topological polar surface area (TPSA) is 66.8 Å². The molecule has 0 aromatic heterocycles. The molecule has 5 nitrogen and oxygen atoms in total. The third-order valence-corrected chi connectivity index (χ3v) is 3.27. The van der Waals surface area contributed by atoms with Crippen molar-refractivity contribution in [3.63, 3.8) is 0 Å². The number of aliphatic hydroxyl groups is 1. The van der Waals surface area contributed by atoms with Gasteiger partial charge in [-0.2, -0.15) is 0 Å². The van der Waals surface area contributed by atoms with Crippen LogP contribution in [-0.4, -0.2) is 48.7 Å². The van der Waals surface area contributed by atoms with Crippen LogP contribution in [0, 0.1) is 0 Å². The van der Waals surface area contributed by atoms with Gasteiger partial charge in [0, 0.05) is 24.7 Å². The minimum Gasteiger partial charge on any atom is -0.469 e. The standard InChI is InChI=1S/C15H20ClNO4/c1-21-15(20)7-9-17(8-2-10-18)14(19)11-12-3-5-13(16)6-4-12/h3-6,18H,2,7-11H2,1H3. The smallest absolute Gasteiger partial charge is 0.307 e. The van der Waals surface area contributed by atoms with Gasteiger partial charge in [-0.25, -0.2) is 0 Å². The van der Waals surface area contributed by atoms with Crippen LogP contribution in [0.1, 0.15) is 18.4 Å². The maximum absolute atomic E-state index is 12.3. The number of methoxy groups -OCH3 is 1. The van der Waals surface area contributed by atoms with Crippen LogP contribution in [0.2, 0.25) is 5.02 Å². The fourth-order valence-corrected chi connectivity index (χ4v) is 1.97. The monoisotopic (exact) mass is 313 g/mol. The zero-order chi connectivity index (χ0) is 15.7. The summed E-state index contributed by atoms with van der Waals surface area (Å²) in [5.74, 6) is -0.446. The van der Waals surface area contributed by atoms with Crippen molar-refractivity contribution in [2.45, 2.75) is 19.3 Å². The SMILES string of the molecule is COC(=O)CCN(CCCO)C(=O)Cc1ccc(Cl)cc1.